The summed E-state index contributed by atoms with van der Waals surface area (Å²) in [5.74, 6) is 1.27. The van der Waals surface area contributed by atoms with Crippen LogP contribution in [0, 0.1) is 6.92 Å². The molecule has 0 spiro atoms. The van der Waals surface area contributed by atoms with Gasteiger partial charge in [0.1, 0.15) is 11.9 Å². The molecular formula is C19H29IN4O3. The van der Waals surface area contributed by atoms with Crippen LogP contribution >= 0.6 is 24.0 Å². The highest BCUT2D eigenvalue weighted by Gasteiger charge is 2.25. The Morgan fingerprint density at radius 3 is 2.59 bits per heavy atom. The Kier molecular flexibility index (Phi) is 10.1. The summed E-state index contributed by atoms with van der Waals surface area (Å²) in [5, 5.41) is 6.31. The van der Waals surface area contributed by atoms with E-state index in [1.165, 1.54) is 4.90 Å². The zero-order chi connectivity index (χ0) is 18.9. The van der Waals surface area contributed by atoms with E-state index in [4.69, 9.17) is 4.74 Å². The number of nitrogens with one attached hydrogen (secondary N) is 2. The molecule has 1 unspecified atom stereocenters. The van der Waals surface area contributed by atoms with Crippen LogP contribution in [0.1, 0.15) is 31.7 Å². The summed E-state index contributed by atoms with van der Waals surface area (Å²) in [4.78, 5) is 29.0. The molecule has 0 saturated carbocycles. The molecule has 0 aromatic heterocycles. The van der Waals surface area contributed by atoms with Gasteiger partial charge in [-0.2, -0.15) is 0 Å². The van der Waals surface area contributed by atoms with Gasteiger partial charge in [-0.25, -0.2) is 0 Å². The van der Waals surface area contributed by atoms with E-state index in [2.05, 4.69) is 15.6 Å². The van der Waals surface area contributed by atoms with Gasteiger partial charge in [0.15, 0.2) is 5.96 Å². The van der Waals surface area contributed by atoms with E-state index in [-0.39, 0.29) is 41.9 Å². The number of carbonyl (C=O) groups is 2. The number of ether oxygens (including phenoxy) is 1. The van der Waals surface area contributed by atoms with Gasteiger partial charge in [-0.05, 0) is 38.0 Å². The number of guanidine groups is 1. The number of hydrogen-bond donors (Lipinski definition) is 2. The van der Waals surface area contributed by atoms with Crippen molar-refractivity contribution in [3.63, 3.8) is 0 Å². The normalized spacial score (nSPS) is 15.8. The first kappa shape index (κ1) is 23.2. The van der Waals surface area contributed by atoms with Gasteiger partial charge in [-0.1, -0.05) is 12.1 Å². The number of amides is 2. The number of hydrogen-bond acceptors (Lipinski definition) is 4. The first-order valence-corrected chi connectivity index (χ1v) is 9.00. The zero-order valence-electron chi connectivity index (χ0n) is 16.2. The molecule has 8 heteroatoms. The highest BCUT2D eigenvalue weighted by molar-refractivity contribution is 14.0. The monoisotopic (exact) mass is 488 g/mol. The average molecular weight is 488 g/mol. The molecule has 1 aliphatic heterocycles. The Bertz CT molecular complexity index is 650. The minimum atomic E-state index is -0.0915. The van der Waals surface area contributed by atoms with Crippen LogP contribution in [0.3, 0.4) is 0 Å². The molecule has 2 rings (SSSR count). The summed E-state index contributed by atoms with van der Waals surface area (Å²) in [5.41, 5.74) is 1.15. The Hall–Kier alpha value is -1.84. The summed E-state index contributed by atoms with van der Waals surface area (Å²) in [6, 6.07) is 7.92. The molecule has 1 aliphatic rings. The van der Waals surface area contributed by atoms with Crippen LogP contribution in [-0.4, -0.2) is 55.5 Å². The molecule has 150 valence electrons. The molecule has 0 bridgehead atoms. The lowest BCUT2D eigenvalue weighted by atomic mass is 10.1. The Balaban J connectivity index is 0.00000364. The quantitative estimate of drug-likeness (QED) is 0.266. The summed E-state index contributed by atoms with van der Waals surface area (Å²) < 4.78 is 5.88. The van der Waals surface area contributed by atoms with Crippen LogP contribution in [-0.2, 0) is 9.59 Å². The fraction of sp³-hybridized carbons (Fsp3) is 0.526. The van der Waals surface area contributed by atoms with E-state index in [1.54, 1.807) is 7.05 Å². The molecule has 1 fully saturated rings. The lowest BCUT2D eigenvalue weighted by Crippen LogP contribution is -2.47. The van der Waals surface area contributed by atoms with E-state index in [0.29, 0.717) is 44.9 Å². The van der Waals surface area contributed by atoms with Crippen molar-refractivity contribution in [2.75, 3.05) is 26.7 Å². The molecule has 1 heterocycles. The third-order valence-electron chi connectivity index (χ3n) is 4.12. The SMILES string of the molecule is CN=C(NCCN1C(=O)CCCC1=O)NCC(C)Oc1cccc(C)c1.I. The number of aryl methyl sites for hydroxylation is 1. The van der Waals surface area contributed by atoms with E-state index in [1.807, 2.05) is 38.1 Å². The Labute approximate surface area is 178 Å². The van der Waals surface area contributed by atoms with E-state index >= 15 is 0 Å². The predicted octanol–water partition coefficient (Wildman–Crippen LogP) is 2.08. The van der Waals surface area contributed by atoms with E-state index < -0.39 is 0 Å². The van der Waals surface area contributed by atoms with Crippen molar-refractivity contribution < 1.29 is 14.3 Å². The second kappa shape index (κ2) is 11.8. The predicted molar refractivity (Wildman–Crippen MR) is 117 cm³/mol. The topological polar surface area (TPSA) is 83.0 Å². The van der Waals surface area contributed by atoms with Gasteiger partial charge in [0.25, 0.3) is 0 Å². The number of piperidine rings is 1. The molecule has 2 amide bonds. The smallest absolute Gasteiger partial charge is 0.229 e. The van der Waals surface area contributed by atoms with Crippen molar-refractivity contribution in [1.82, 2.24) is 15.5 Å². The number of likely N-dealkylation sites (tertiary alicyclic amines) is 1. The molecule has 2 N–H and O–H groups in total. The highest BCUT2D eigenvalue weighted by Crippen LogP contribution is 2.14. The lowest BCUT2D eigenvalue weighted by molar-refractivity contribution is -0.147. The van der Waals surface area contributed by atoms with Crippen LogP contribution in [0.15, 0.2) is 29.3 Å². The summed E-state index contributed by atoms with van der Waals surface area (Å²) in [7, 11) is 1.68. The second-order valence-corrected chi connectivity index (χ2v) is 6.42. The molecule has 0 aliphatic carbocycles. The van der Waals surface area contributed by atoms with E-state index in [0.717, 1.165) is 11.3 Å². The fourth-order valence-corrected chi connectivity index (χ4v) is 2.76. The van der Waals surface area contributed by atoms with Crippen LogP contribution in [0.4, 0.5) is 0 Å². The maximum Gasteiger partial charge on any atom is 0.229 e. The van der Waals surface area contributed by atoms with Crippen molar-refractivity contribution in [2.24, 2.45) is 4.99 Å². The molecule has 0 radical (unpaired) electrons. The highest BCUT2D eigenvalue weighted by atomic mass is 127. The van der Waals surface area contributed by atoms with Gasteiger partial charge in [-0.3, -0.25) is 19.5 Å². The van der Waals surface area contributed by atoms with E-state index in [9.17, 15) is 9.59 Å². The average Bonchev–Trinajstić information content (AvgIpc) is 2.60. The van der Waals surface area contributed by atoms with Crippen LogP contribution in [0.2, 0.25) is 0 Å². The maximum absolute atomic E-state index is 11.8. The van der Waals surface area contributed by atoms with Gasteiger partial charge in [0.05, 0.1) is 6.54 Å². The van der Waals surface area contributed by atoms with Crippen LogP contribution in [0.5, 0.6) is 5.75 Å². The maximum atomic E-state index is 11.8. The largest absolute Gasteiger partial charge is 0.489 e. The number of benzene rings is 1. The molecule has 27 heavy (non-hydrogen) atoms. The Morgan fingerprint density at radius 2 is 1.96 bits per heavy atom. The van der Waals surface area contributed by atoms with Crippen molar-refractivity contribution >= 4 is 41.8 Å². The number of carbonyl (C=O) groups excluding carboxylic acids is 2. The molecule has 1 aromatic carbocycles. The number of rotatable bonds is 7. The third kappa shape index (κ3) is 7.74. The minimum Gasteiger partial charge on any atom is -0.489 e. The first-order valence-electron chi connectivity index (χ1n) is 9.00. The van der Waals surface area contributed by atoms with Crippen molar-refractivity contribution in [1.29, 1.82) is 0 Å². The summed E-state index contributed by atoms with van der Waals surface area (Å²) in [6.45, 7) is 5.40. The van der Waals surface area contributed by atoms with Gasteiger partial charge in [-0.15, -0.1) is 24.0 Å². The van der Waals surface area contributed by atoms with Gasteiger partial charge >= 0.3 is 0 Å². The Morgan fingerprint density at radius 1 is 1.26 bits per heavy atom. The zero-order valence-corrected chi connectivity index (χ0v) is 18.5. The second-order valence-electron chi connectivity index (χ2n) is 6.42. The number of nitrogens with zero attached hydrogens (tertiary/aromatic N) is 2. The van der Waals surface area contributed by atoms with Gasteiger partial charge in [0.2, 0.25) is 11.8 Å². The molecule has 7 nitrogen and oxygen atoms in total. The van der Waals surface area contributed by atoms with Gasteiger partial charge in [0, 0.05) is 33.0 Å². The van der Waals surface area contributed by atoms with Crippen LogP contribution < -0.4 is 15.4 Å². The number of imide groups is 1. The number of aliphatic imine (C=N–C) groups is 1. The minimum absolute atomic E-state index is 0. The van der Waals surface area contributed by atoms with Crippen molar-refractivity contribution in [3.05, 3.63) is 29.8 Å². The standard InChI is InChI=1S/C19H28N4O3.HI/c1-14-6-4-7-16(12-14)26-15(2)13-22-19(20-3)21-10-11-23-17(24)8-5-9-18(23)25;/h4,6-7,12,15H,5,8-11,13H2,1-3H3,(H2,20,21,22);1H. The molecule has 1 saturated heterocycles. The van der Waals surface area contributed by atoms with Crippen molar-refractivity contribution in [2.45, 2.75) is 39.2 Å². The molecular weight excluding hydrogens is 459 g/mol. The van der Waals surface area contributed by atoms with Crippen molar-refractivity contribution in [3.8, 4) is 5.75 Å². The molecule has 1 aromatic rings. The lowest BCUT2D eigenvalue weighted by Gasteiger charge is -2.25. The summed E-state index contributed by atoms with van der Waals surface area (Å²) >= 11 is 0. The van der Waals surface area contributed by atoms with Gasteiger partial charge < -0.3 is 15.4 Å². The third-order valence-corrected chi connectivity index (χ3v) is 4.12. The molecule has 1 atom stereocenters. The summed E-state index contributed by atoms with van der Waals surface area (Å²) in [6.07, 6.45) is 1.52. The fourth-order valence-electron chi connectivity index (χ4n) is 2.76. The first-order chi connectivity index (χ1) is 12.5. The van der Waals surface area contributed by atoms with Crippen LogP contribution in [0.25, 0.3) is 0 Å². The number of halogens is 1.